The van der Waals surface area contributed by atoms with Crippen LogP contribution in [0.25, 0.3) is 0 Å². The molecule has 18 N–H and O–H groups in total. The van der Waals surface area contributed by atoms with Gasteiger partial charge in [0.25, 0.3) is 0 Å². The maximum atomic E-state index is 13.1. The molecule has 0 aromatic carbocycles. The van der Waals surface area contributed by atoms with Crippen molar-refractivity contribution in [2.24, 2.45) is 33.5 Å². The van der Waals surface area contributed by atoms with E-state index in [0.29, 0.717) is 32.1 Å². The smallest absolute Gasteiger partial charge is 0.187 e. The number of fused-ring (bicyclic) bond motifs is 5. The first-order valence-electron chi connectivity index (χ1n) is 33.1. The molecular formula is C62H100O32. The molecule has 11 aliphatic rings. The molecule has 0 amide bonds. The van der Waals surface area contributed by atoms with Crippen LogP contribution in [0.3, 0.4) is 0 Å². The maximum absolute atomic E-state index is 13.1. The van der Waals surface area contributed by atoms with Crippen molar-refractivity contribution in [2.75, 3.05) is 59.5 Å². The van der Waals surface area contributed by atoms with Crippen molar-refractivity contribution >= 4 is 5.78 Å². The van der Waals surface area contributed by atoms with Crippen LogP contribution in [0.1, 0.15) is 98.8 Å². The van der Waals surface area contributed by atoms with Gasteiger partial charge < -0.3 is 153 Å². The molecule has 32 heteroatoms. The first-order chi connectivity index (χ1) is 44.5. The number of allylic oxidation sites excluding steroid dienone is 2. The molecule has 0 bridgehead atoms. The number of ether oxygens (including phenoxy) is 13. The molecule has 1 spiro atoms. The number of Topliss-reactive ketones (excluding diaryl/α,β-unsaturated/α-hetero) is 1. The predicted molar refractivity (Wildman–Crippen MR) is 309 cm³/mol. The zero-order valence-electron chi connectivity index (χ0n) is 53.4. The zero-order valence-corrected chi connectivity index (χ0v) is 53.4. The first-order valence-corrected chi connectivity index (χ1v) is 33.1. The normalized spacial score (nSPS) is 52.6. The number of aliphatic hydroxyl groups is 18. The van der Waals surface area contributed by atoms with Crippen LogP contribution in [-0.2, 0) is 66.4 Å². The Morgan fingerprint density at radius 1 is 0.543 bits per heavy atom. The topological polar surface area (TPSA) is 501 Å². The second-order valence-electron chi connectivity index (χ2n) is 28.8. The second kappa shape index (κ2) is 28.2. The van der Waals surface area contributed by atoms with Gasteiger partial charge in [-0.25, -0.2) is 0 Å². The molecule has 9 fully saturated rings. The maximum Gasteiger partial charge on any atom is 0.187 e. The number of hydrogen-bond donors (Lipinski definition) is 18. The summed E-state index contributed by atoms with van der Waals surface area (Å²) in [6, 6.07) is 0. The summed E-state index contributed by atoms with van der Waals surface area (Å²) in [5.41, 5.74) is -2.51. The summed E-state index contributed by atoms with van der Waals surface area (Å²) in [7, 11) is 0. The van der Waals surface area contributed by atoms with Gasteiger partial charge in [0.1, 0.15) is 128 Å². The van der Waals surface area contributed by atoms with E-state index in [1.165, 1.54) is 11.1 Å². The number of ketones is 1. The molecule has 540 valence electrons. The van der Waals surface area contributed by atoms with Gasteiger partial charge in [-0.05, 0) is 80.5 Å². The van der Waals surface area contributed by atoms with Crippen LogP contribution in [0.4, 0.5) is 0 Å². The fraction of sp³-hybridized carbons (Fsp3) is 0.952. The van der Waals surface area contributed by atoms with E-state index in [4.69, 9.17) is 61.6 Å². The molecule has 34 unspecified atom stereocenters. The Morgan fingerprint density at radius 3 is 1.74 bits per heavy atom. The van der Waals surface area contributed by atoms with Crippen molar-refractivity contribution in [2.45, 2.75) is 276 Å². The zero-order chi connectivity index (χ0) is 68.1. The number of rotatable bonds is 21. The van der Waals surface area contributed by atoms with E-state index in [9.17, 15) is 96.7 Å². The Morgan fingerprint density at radius 2 is 1.11 bits per heavy atom. The summed E-state index contributed by atoms with van der Waals surface area (Å²) in [6.45, 7) is 3.89. The van der Waals surface area contributed by atoms with Gasteiger partial charge in [-0.2, -0.15) is 0 Å². The summed E-state index contributed by atoms with van der Waals surface area (Å²) in [5, 5.41) is 199. The minimum Gasteiger partial charge on any atom is -0.396 e. The molecule has 32 nitrogen and oxygen atoms in total. The lowest BCUT2D eigenvalue weighted by Gasteiger charge is -2.64. The van der Waals surface area contributed by atoms with Crippen LogP contribution in [0.15, 0.2) is 11.1 Å². The molecular weight excluding hydrogens is 1260 g/mol. The minimum absolute atomic E-state index is 0.119. The molecule has 0 aromatic heterocycles. The molecule has 7 saturated heterocycles. The van der Waals surface area contributed by atoms with Gasteiger partial charge in [0.15, 0.2) is 43.5 Å². The highest BCUT2D eigenvalue weighted by atomic mass is 16.8. The lowest BCUT2D eigenvalue weighted by Crippen LogP contribution is -2.68. The molecule has 94 heavy (non-hydrogen) atoms. The summed E-state index contributed by atoms with van der Waals surface area (Å²) < 4.78 is 79.0. The molecule has 7 aliphatic heterocycles. The van der Waals surface area contributed by atoms with Gasteiger partial charge in [0.05, 0.1) is 71.2 Å². The van der Waals surface area contributed by atoms with Gasteiger partial charge in [-0.15, -0.1) is 0 Å². The van der Waals surface area contributed by atoms with Crippen molar-refractivity contribution in [3.05, 3.63) is 11.1 Å². The van der Waals surface area contributed by atoms with E-state index < -0.39 is 247 Å². The van der Waals surface area contributed by atoms with E-state index >= 15 is 0 Å². The van der Waals surface area contributed by atoms with Crippen LogP contribution in [0.2, 0.25) is 0 Å². The Balaban J connectivity index is 0.822. The van der Waals surface area contributed by atoms with Crippen molar-refractivity contribution < 1.29 is 158 Å². The van der Waals surface area contributed by atoms with E-state index in [0.717, 1.165) is 25.7 Å². The monoisotopic (exact) mass is 1360 g/mol. The number of carbonyl (C=O) groups is 1. The fourth-order valence-corrected chi connectivity index (χ4v) is 18.2. The summed E-state index contributed by atoms with van der Waals surface area (Å²) in [6.07, 6.45) is -42.3. The lowest BCUT2D eigenvalue weighted by molar-refractivity contribution is -0.402. The lowest BCUT2D eigenvalue weighted by atomic mass is 9.42. The highest BCUT2D eigenvalue weighted by Gasteiger charge is 2.73. The Bertz CT molecular complexity index is 2620. The average Bonchev–Trinajstić information content (AvgIpc) is 1.42. The van der Waals surface area contributed by atoms with Crippen LogP contribution in [0, 0.1) is 33.5 Å². The minimum atomic E-state index is -2.35. The Labute approximate surface area is 542 Å². The molecule has 2 saturated carbocycles. The first kappa shape index (κ1) is 73.4. The molecule has 4 aliphatic carbocycles. The number of aliphatic hydroxyl groups excluding tert-OH is 17. The number of hydrogen-bond acceptors (Lipinski definition) is 32. The highest BCUT2D eigenvalue weighted by Crippen LogP contribution is 2.75. The average molecular weight is 1360 g/mol. The third-order valence-electron chi connectivity index (χ3n) is 24.2. The molecule has 0 radical (unpaired) electrons. The highest BCUT2D eigenvalue weighted by molar-refractivity contribution is 5.83. The molecule has 0 aromatic rings. The SMILES string of the molecule is CCC(=O)C1CC(C)C2(CCC3(C)C4=C(CCC32C)C2(C)CCC(OC3OC(COC5OCC(O)C(O)C5OC5OC(CO)C(O)C(OC6OC(CO)C(O)C(O)C6OC6OC(CO)C(O)C6O)C5OC5OCC(O)(CO)C5O)C(O)C(O)C3O)C(CO)(CO)C2CC4)O1. The number of carbonyl (C=O) groups excluding carboxylic acids is 1. The van der Waals surface area contributed by atoms with Crippen LogP contribution in [0.5, 0.6) is 0 Å². The summed E-state index contributed by atoms with van der Waals surface area (Å²) >= 11 is 0. The third-order valence-corrected chi connectivity index (χ3v) is 24.2. The van der Waals surface area contributed by atoms with Gasteiger partial charge in [-0.3, -0.25) is 4.79 Å². The van der Waals surface area contributed by atoms with Crippen LogP contribution < -0.4 is 0 Å². The van der Waals surface area contributed by atoms with Crippen molar-refractivity contribution in [3.8, 4) is 0 Å². The van der Waals surface area contributed by atoms with E-state index in [1.807, 2.05) is 6.92 Å². The van der Waals surface area contributed by atoms with Crippen LogP contribution >= 0.6 is 0 Å². The van der Waals surface area contributed by atoms with Crippen molar-refractivity contribution in [3.63, 3.8) is 0 Å². The third kappa shape index (κ3) is 12.0. The van der Waals surface area contributed by atoms with Gasteiger partial charge in [-0.1, -0.05) is 45.8 Å². The van der Waals surface area contributed by atoms with Gasteiger partial charge in [0.2, 0.25) is 0 Å². The quantitative estimate of drug-likeness (QED) is 0.0475. The van der Waals surface area contributed by atoms with E-state index in [1.54, 1.807) is 0 Å². The largest absolute Gasteiger partial charge is 0.396 e. The summed E-state index contributed by atoms with van der Waals surface area (Å²) in [4.78, 5) is 13.1. The van der Waals surface area contributed by atoms with Gasteiger partial charge in [0, 0.05) is 17.3 Å². The molecule has 7 heterocycles. The predicted octanol–water partition coefficient (Wildman–Crippen LogP) is -6.57. The molecule has 34 atom stereocenters. The fourth-order valence-electron chi connectivity index (χ4n) is 18.2. The van der Waals surface area contributed by atoms with E-state index in [2.05, 4.69) is 27.7 Å². The molecule has 11 rings (SSSR count). The summed E-state index contributed by atoms with van der Waals surface area (Å²) in [5.74, 6) is -0.0484. The van der Waals surface area contributed by atoms with Crippen molar-refractivity contribution in [1.29, 1.82) is 0 Å². The Kier molecular flexibility index (Phi) is 22.0. The van der Waals surface area contributed by atoms with Gasteiger partial charge >= 0.3 is 0 Å². The second-order valence-corrected chi connectivity index (χ2v) is 28.8. The van der Waals surface area contributed by atoms with Crippen molar-refractivity contribution in [1.82, 2.24) is 0 Å². The standard InChI is InChI=1S/C62H100O32/c1-6-28(69)30-15-25(2)62(94-30)14-13-58(4)27-7-8-35-57(3,26(27)9-12-59(58,62)5)11-10-36(60(35,21-66)22-67)89-51-45(79)42(76)40(74)34(88-51)20-83-53-47(37(71)29(70)19-82-53)92-55-49(93-56-50(80)61(81,23-68)24-84-56)46(41(75)33(18-65)87-55)90-54-48(43(77)38(72)31(16-63)86-54)91-52-44(78)39(73)32(17-64)85-52/h25,29-56,63-68,70-81H,6-24H2,1-5H3. The van der Waals surface area contributed by atoms with Crippen LogP contribution in [-0.4, -0.2) is 334 Å². The van der Waals surface area contributed by atoms with E-state index in [-0.39, 0.29) is 34.9 Å². The Hall–Kier alpha value is -1.83.